The van der Waals surface area contributed by atoms with Crippen LogP contribution in [0.3, 0.4) is 0 Å². The van der Waals surface area contributed by atoms with Crippen molar-refractivity contribution in [1.29, 1.82) is 0 Å². The van der Waals surface area contributed by atoms with Crippen LogP contribution in [0.1, 0.15) is 22.3 Å². The molecule has 6 aromatic carbocycles. The van der Waals surface area contributed by atoms with E-state index in [4.69, 9.17) is 9.47 Å². The minimum Gasteiger partial charge on any atom is -0.497 e. The number of carbonyl (C=O) groups excluding carboxylic acids is 3. The molecule has 2 bridgehead atoms. The molecule has 0 radical (unpaired) electrons. The zero-order valence-corrected chi connectivity index (χ0v) is 30.4. The van der Waals surface area contributed by atoms with Crippen molar-refractivity contribution in [3.05, 3.63) is 190 Å². The number of methoxy groups -OCH3 is 2. The number of nitro groups is 1. The number of hydrogen-bond acceptors (Lipinski definition) is 7. The molecule has 3 aliphatic rings. The molecule has 1 saturated carbocycles. The number of Topliss-reactive ketones (excluding diaryl/α,β-unsaturated/α-hetero) is 1. The maximum atomic E-state index is 16.2. The Kier molecular flexibility index (Phi) is 8.05. The quantitative estimate of drug-likeness (QED) is 0.0830. The van der Waals surface area contributed by atoms with Crippen molar-refractivity contribution in [3.63, 3.8) is 0 Å². The molecule has 0 N–H and O–H groups in total. The van der Waals surface area contributed by atoms with Crippen molar-refractivity contribution >= 4 is 40.1 Å². The fourth-order valence-electron chi connectivity index (χ4n) is 9.47. The first-order valence-corrected chi connectivity index (χ1v) is 18.2. The lowest BCUT2D eigenvalue weighted by Crippen LogP contribution is -2.45. The molecule has 9 heteroatoms. The highest BCUT2D eigenvalue weighted by atomic mass is 16.6. The van der Waals surface area contributed by atoms with Crippen molar-refractivity contribution < 1.29 is 28.8 Å². The summed E-state index contributed by atoms with van der Waals surface area (Å²) in [7, 11) is 3.18. The average Bonchev–Trinajstić information content (AvgIpc) is 3.76. The van der Waals surface area contributed by atoms with E-state index in [2.05, 4.69) is 0 Å². The zero-order chi connectivity index (χ0) is 38.8. The van der Waals surface area contributed by atoms with Crippen LogP contribution < -0.4 is 14.4 Å². The van der Waals surface area contributed by atoms with E-state index in [0.29, 0.717) is 39.5 Å². The van der Waals surface area contributed by atoms with Gasteiger partial charge in [-0.3, -0.25) is 24.5 Å². The Labute approximate surface area is 322 Å². The molecule has 2 fully saturated rings. The monoisotopic (exact) mass is 738 g/mol. The summed E-state index contributed by atoms with van der Waals surface area (Å²) in [5, 5.41) is 11.2. The first kappa shape index (κ1) is 34.6. The van der Waals surface area contributed by atoms with Crippen molar-refractivity contribution in [2.75, 3.05) is 19.1 Å². The predicted octanol–water partition coefficient (Wildman–Crippen LogP) is 8.47. The fraction of sp³-hybridized carbons (Fsp3) is 0.128. The summed E-state index contributed by atoms with van der Waals surface area (Å²) in [6.45, 7) is 0. The number of amides is 2. The topological polar surface area (TPSA) is 116 Å². The maximum absolute atomic E-state index is 16.2. The van der Waals surface area contributed by atoms with Crippen LogP contribution in [-0.4, -0.2) is 36.7 Å². The van der Waals surface area contributed by atoms with E-state index in [-0.39, 0.29) is 11.5 Å². The summed E-state index contributed by atoms with van der Waals surface area (Å²) >= 11 is 0. The van der Waals surface area contributed by atoms with Gasteiger partial charge in [-0.15, -0.1) is 0 Å². The highest BCUT2D eigenvalue weighted by Crippen LogP contribution is 2.74. The van der Waals surface area contributed by atoms with Gasteiger partial charge in [0.2, 0.25) is 11.8 Å². The minimum absolute atomic E-state index is 0.0225. The number of benzene rings is 6. The van der Waals surface area contributed by atoms with Gasteiger partial charge in [-0.05, 0) is 93.1 Å². The third-order valence-electron chi connectivity index (χ3n) is 11.7. The lowest BCUT2D eigenvalue weighted by atomic mass is 9.59. The van der Waals surface area contributed by atoms with Gasteiger partial charge in [0, 0.05) is 12.1 Å². The number of imide groups is 1. The standard InChI is InChI=1S/C47H34N2O7/c1-55-37-25-17-31(18-26-37)39-40(32-19-27-38(56-2)28-20-32)47(34-11-7-4-8-12-34)42-41(46(39,45(47)52)33-9-5-3-6-10-33)43(50)48(44(42)51)35-21-13-29(14-22-35)30-15-23-36(24-16-30)49(53)54/h3-28,41-42H,1-2H3/t41-,42+,46-,47-/m1/s1. The minimum atomic E-state index is -1.56. The summed E-state index contributed by atoms with van der Waals surface area (Å²) in [6.07, 6.45) is 0. The van der Waals surface area contributed by atoms with Crippen LogP contribution in [0.4, 0.5) is 11.4 Å². The lowest BCUT2D eigenvalue weighted by Gasteiger charge is -2.39. The number of nitrogens with zero attached hydrogens (tertiary/aromatic N) is 2. The van der Waals surface area contributed by atoms with Gasteiger partial charge in [0.15, 0.2) is 5.78 Å². The number of carbonyl (C=O) groups is 3. The van der Waals surface area contributed by atoms with Crippen molar-refractivity contribution in [2.24, 2.45) is 11.8 Å². The number of allylic oxidation sites excluding steroid dienone is 2. The van der Waals surface area contributed by atoms with E-state index < -0.39 is 39.4 Å². The van der Waals surface area contributed by atoms with Crippen molar-refractivity contribution in [3.8, 4) is 22.6 Å². The van der Waals surface area contributed by atoms with E-state index in [1.54, 1.807) is 50.6 Å². The van der Waals surface area contributed by atoms with E-state index in [9.17, 15) is 10.1 Å². The van der Waals surface area contributed by atoms with Crippen LogP contribution in [0, 0.1) is 22.0 Å². The molecule has 274 valence electrons. The van der Waals surface area contributed by atoms with E-state index >= 15 is 14.4 Å². The van der Waals surface area contributed by atoms with E-state index in [1.165, 1.54) is 17.0 Å². The van der Waals surface area contributed by atoms with Gasteiger partial charge in [-0.25, -0.2) is 4.90 Å². The van der Waals surface area contributed by atoms with Crippen molar-refractivity contribution in [1.82, 2.24) is 0 Å². The Hall–Kier alpha value is -7.13. The Balaban J connectivity index is 1.31. The number of ketones is 1. The Morgan fingerprint density at radius 1 is 0.518 bits per heavy atom. The number of fused-ring (bicyclic) bond motifs is 5. The first-order chi connectivity index (χ1) is 27.3. The summed E-state index contributed by atoms with van der Waals surface area (Å²) in [5.74, 6) is -2.04. The van der Waals surface area contributed by atoms with Gasteiger partial charge < -0.3 is 9.47 Å². The summed E-state index contributed by atoms with van der Waals surface area (Å²) in [5.41, 5.74) is 2.78. The van der Waals surface area contributed by atoms with Gasteiger partial charge in [-0.2, -0.15) is 0 Å². The maximum Gasteiger partial charge on any atom is 0.269 e. The molecular formula is C47H34N2O7. The number of ether oxygens (including phenoxy) is 2. The molecule has 9 rings (SSSR count). The Morgan fingerprint density at radius 3 is 1.27 bits per heavy atom. The van der Waals surface area contributed by atoms with Gasteiger partial charge in [0.25, 0.3) is 5.69 Å². The number of rotatable bonds is 9. The van der Waals surface area contributed by atoms with Crippen LogP contribution >= 0.6 is 0 Å². The largest absolute Gasteiger partial charge is 0.497 e. The second-order valence-electron chi connectivity index (χ2n) is 14.2. The molecule has 1 aliphatic heterocycles. The second-order valence-corrected chi connectivity index (χ2v) is 14.2. The Morgan fingerprint density at radius 2 is 0.893 bits per heavy atom. The molecule has 56 heavy (non-hydrogen) atoms. The number of non-ortho nitro benzene ring substituents is 1. The molecule has 2 aliphatic carbocycles. The normalized spacial score (nSPS) is 22.4. The number of hydrogen-bond donors (Lipinski definition) is 0. The van der Waals surface area contributed by atoms with Crippen LogP contribution in [0.5, 0.6) is 11.5 Å². The SMILES string of the molecule is COc1ccc(C2=C(c3ccc(OC)cc3)[C@@]3(c4ccccc4)C(=O)[C@@]2(c2ccccc2)[C@@H]2C(=O)N(c4ccc(-c5ccc([N+](=O)[O-])cc5)cc4)C(=O)[C@@H]23)cc1. The van der Waals surface area contributed by atoms with Gasteiger partial charge in [-0.1, -0.05) is 97.1 Å². The van der Waals surface area contributed by atoms with E-state index in [0.717, 1.165) is 22.3 Å². The van der Waals surface area contributed by atoms with Gasteiger partial charge in [0.05, 0.1) is 47.5 Å². The first-order valence-electron chi connectivity index (χ1n) is 18.2. The highest BCUT2D eigenvalue weighted by molar-refractivity contribution is 6.39. The van der Waals surface area contributed by atoms with Gasteiger partial charge >= 0.3 is 0 Å². The third kappa shape index (κ3) is 4.70. The molecule has 0 aromatic heterocycles. The molecule has 0 unspecified atom stereocenters. The predicted molar refractivity (Wildman–Crippen MR) is 212 cm³/mol. The van der Waals surface area contributed by atoms with Gasteiger partial charge in [0.1, 0.15) is 11.5 Å². The fourth-order valence-corrected chi connectivity index (χ4v) is 9.47. The summed E-state index contributed by atoms with van der Waals surface area (Å²) in [6, 6.07) is 47.0. The smallest absolute Gasteiger partial charge is 0.269 e. The molecule has 4 atom stereocenters. The molecule has 6 aromatic rings. The molecule has 1 saturated heterocycles. The molecular weight excluding hydrogens is 705 g/mol. The van der Waals surface area contributed by atoms with Crippen LogP contribution in [-0.2, 0) is 25.2 Å². The van der Waals surface area contributed by atoms with Crippen LogP contribution in [0.15, 0.2) is 158 Å². The summed E-state index contributed by atoms with van der Waals surface area (Å²) in [4.78, 5) is 59.0. The lowest BCUT2D eigenvalue weighted by molar-refractivity contribution is -0.384. The van der Waals surface area contributed by atoms with Crippen LogP contribution in [0.2, 0.25) is 0 Å². The number of nitro benzene ring substituents is 1. The van der Waals surface area contributed by atoms with E-state index in [1.807, 2.05) is 109 Å². The average molecular weight is 739 g/mol. The Bertz CT molecular complexity index is 2440. The number of anilines is 1. The molecule has 9 nitrogen and oxygen atoms in total. The van der Waals surface area contributed by atoms with Crippen LogP contribution in [0.25, 0.3) is 22.3 Å². The molecule has 0 spiro atoms. The second kappa shape index (κ2) is 13.0. The summed E-state index contributed by atoms with van der Waals surface area (Å²) < 4.78 is 11.1. The third-order valence-corrected chi connectivity index (χ3v) is 11.7. The van der Waals surface area contributed by atoms with Crippen molar-refractivity contribution in [2.45, 2.75) is 10.8 Å². The zero-order valence-electron chi connectivity index (χ0n) is 30.4. The highest BCUT2D eigenvalue weighted by Gasteiger charge is 2.82. The molecule has 2 amide bonds. The molecule has 1 heterocycles.